The molecule has 3 aromatic rings. The van der Waals surface area contributed by atoms with E-state index in [-0.39, 0.29) is 24.0 Å². The number of benzene rings is 1. The van der Waals surface area contributed by atoms with Crippen LogP contribution in [0.1, 0.15) is 11.1 Å². The fraction of sp³-hybridized carbons (Fsp3) is 0.300. The Morgan fingerprint density at radius 3 is 2.38 bits per heavy atom. The quantitative estimate of drug-likeness (QED) is 0.599. The summed E-state index contributed by atoms with van der Waals surface area (Å²) in [5, 5.41) is 13.3. The highest BCUT2D eigenvalue weighted by Crippen LogP contribution is 2.43. The van der Waals surface area contributed by atoms with Gasteiger partial charge in [0, 0.05) is 37.6 Å². The van der Waals surface area contributed by atoms with Crippen LogP contribution in [-0.4, -0.2) is 44.7 Å². The van der Waals surface area contributed by atoms with Gasteiger partial charge in [-0.1, -0.05) is 0 Å². The van der Waals surface area contributed by atoms with Crippen LogP contribution in [0.3, 0.4) is 0 Å². The minimum Gasteiger partial charge on any atom is -0.438 e. The maximum atomic E-state index is 13.6. The summed E-state index contributed by atoms with van der Waals surface area (Å²) in [5.74, 6) is -7.80. The van der Waals surface area contributed by atoms with E-state index in [1.165, 1.54) is 23.9 Å². The van der Waals surface area contributed by atoms with Gasteiger partial charge in [0.25, 0.3) is 0 Å². The second kappa shape index (κ2) is 7.76. The van der Waals surface area contributed by atoms with Crippen molar-refractivity contribution in [3.05, 3.63) is 47.8 Å². The van der Waals surface area contributed by atoms with E-state index >= 15 is 0 Å². The van der Waals surface area contributed by atoms with Gasteiger partial charge in [0.15, 0.2) is 11.6 Å². The number of aromatic nitrogens is 4. The summed E-state index contributed by atoms with van der Waals surface area (Å²) in [4.78, 5) is 9.30. The van der Waals surface area contributed by atoms with Crippen molar-refractivity contribution in [1.82, 2.24) is 19.7 Å². The average Bonchev–Trinajstić information content (AvgIpc) is 3.23. The van der Waals surface area contributed by atoms with Crippen LogP contribution in [0.15, 0.2) is 36.7 Å². The van der Waals surface area contributed by atoms with Gasteiger partial charge in [-0.15, -0.1) is 0 Å². The van der Waals surface area contributed by atoms with Gasteiger partial charge in [-0.25, -0.2) is 14.6 Å². The molecular formula is C20H17F4N7O. The lowest BCUT2D eigenvalue weighted by molar-refractivity contribution is -0.172. The summed E-state index contributed by atoms with van der Waals surface area (Å²) in [6.45, 7) is -2.05. The maximum Gasteiger partial charge on any atom is 0.329 e. The molecule has 0 radical (unpaired) electrons. The fourth-order valence-corrected chi connectivity index (χ4v) is 3.19. The number of nitrogens with two attached hydrogens (primary N) is 1. The molecule has 1 aromatic carbocycles. The van der Waals surface area contributed by atoms with Gasteiger partial charge in [-0.05, 0) is 18.2 Å². The largest absolute Gasteiger partial charge is 0.438 e. The van der Waals surface area contributed by atoms with Crippen LogP contribution in [0.4, 0.5) is 23.4 Å². The normalized spacial score (nSPS) is 16.7. The summed E-state index contributed by atoms with van der Waals surface area (Å²) < 4.78 is 61.4. The molecule has 0 aliphatic carbocycles. The van der Waals surface area contributed by atoms with Gasteiger partial charge < -0.3 is 15.4 Å². The summed E-state index contributed by atoms with van der Waals surface area (Å²) in [6.07, 6.45) is 3.11. The number of hydrogen-bond donors (Lipinski definition) is 1. The molecular weight excluding hydrogens is 430 g/mol. The van der Waals surface area contributed by atoms with Crippen molar-refractivity contribution in [2.75, 3.05) is 18.0 Å². The molecule has 2 N–H and O–H groups in total. The first-order chi connectivity index (χ1) is 15.1. The van der Waals surface area contributed by atoms with Crippen molar-refractivity contribution >= 4 is 5.82 Å². The van der Waals surface area contributed by atoms with E-state index in [9.17, 15) is 22.8 Å². The minimum atomic E-state index is -4.16. The molecule has 2 aromatic heterocycles. The van der Waals surface area contributed by atoms with Crippen molar-refractivity contribution in [3.63, 3.8) is 0 Å². The number of hydrogen-bond acceptors (Lipinski definition) is 7. The average molecular weight is 447 g/mol. The maximum absolute atomic E-state index is 13.6. The van der Waals surface area contributed by atoms with E-state index in [4.69, 9.17) is 10.5 Å². The van der Waals surface area contributed by atoms with E-state index in [1.54, 1.807) is 24.5 Å². The Labute approximate surface area is 179 Å². The van der Waals surface area contributed by atoms with Crippen molar-refractivity contribution in [1.29, 1.82) is 5.26 Å². The fourth-order valence-electron chi connectivity index (χ4n) is 3.19. The highest BCUT2D eigenvalue weighted by Gasteiger charge is 2.63. The number of rotatable bonds is 5. The molecule has 4 rings (SSSR count). The highest BCUT2D eigenvalue weighted by molar-refractivity contribution is 5.66. The summed E-state index contributed by atoms with van der Waals surface area (Å²) in [7, 11) is 1.48. The monoisotopic (exact) mass is 447 g/mol. The van der Waals surface area contributed by atoms with E-state index in [1.807, 2.05) is 6.07 Å². The molecule has 1 fully saturated rings. The number of alkyl halides is 4. The van der Waals surface area contributed by atoms with Crippen LogP contribution in [-0.2, 0) is 13.6 Å². The number of nitrogens with zero attached hydrogens (tertiary/aromatic N) is 6. The van der Waals surface area contributed by atoms with Crippen LogP contribution in [0.5, 0.6) is 11.6 Å². The van der Waals surface area contributed by atoms with Crippen LogP contribution < -0.4 is 15.4 Å². The number of aryl methyl sites for hydroxylation is 1. The van der Waals surface area contributed by atoms with Crippen molar-refractivity contribution in [3.8, 4) is 29.1 Å². The molecule has 0 atom stereocenters. The Morgan fingerprint density at radius 2 is 1.78 bits per heavy atom. The molecule has 0 saturated carbocycles. The summed E-state index contributed by atoms with van der Waals surface area (Å²) >= 11 is 0. The van der Waals surface area contributed by atoms with Gasteiger partial charge in [0.05, 0.1) is 30.3 Å². The lowest BCUT2D eigenvalue weighted by Gasteiger charge is -2.14. The Hall–Kier alpha value is -3.72. The first-order valence-electron chi connectivity index (χ1n) is 9.41. The zero-order valence-corrected chi connectivity index (χ0v) is 16.8. The van der Waals surface area contributed by atoms with Gasteiger partial charge >= 0.3 is 11.8 Å². The van der Waals surface area contributed by atoms with E-state index in [0.29, 0.717) is 17.0 Å². The van der Waals surface area contributed by atoms with E-state index < -0.39 is 24.9 Å². The molecule has 1 aliphatic rings. The zero-order valence-electron chi connectivity index (χ0n) is 16.8. The van der Waals surface area contributed by atoms with Gasteiger partial charge in [-0.3, -0.25) is 0 Å². The molecule has 1 saturated heterocycles. The minimum absolute atomic E-state index is 0.0825. The number of nitriles is 1. The van der Waals surface area contributed by atoms with Crippen LogP contribution >= 0.6 is 0 Å². The molecule has 1 aliphatic heterocycles. The molecule has 0 bridgehead atoms. The predicted molar refractivity (Wildman–Crippen MR) is 105 cm³/mol. The van der Waals surface area contributed by atoms with Gasteiger partial charge in [-0.2, -0.15) is 27.9 Å². The predicted octanol–water partition coefficient (Wildman–Crippen LogP) is 3.09. The Morgan fingerprint density at radius 1 is 1.12 bits per heavy atom. The second-order valence-corrected chi connectivity index (χ2v) is 7.27. The number of halogens is 4. The molecule has 12 heteroatoms. The van der Waals surface area contributed by atoms with Crippen molar-refractivity contribution < 1.29 is 22.3 Å². The Balaban J connectivity index is 1.67. The van der Waals surface area contributed by atoms with Gasteiger partial charge in [0.1, 0.15) is 5.75 Å². The van der Waals surface area contributed by atoms with Crippen molar-refractivity contribution in [2.24, 2.45) is 12.8 Å². The molecule has 3 heterocycles. The smallest absolute Gasteiger partial charge is 0.329 e. The second-order valence-electron chi connectivity index (χ2n) is 7.27. The number of anilines is 1. The van der Waals surface area contributed by atoms with E-state index in [0.717, 1.165) is 10.5 Å². The lowest BCUT2D eigenvalue weighted by Crippen LogP contribution is -2.38. The van der Waals surface area contributed by atoms with E-state index in [2.05, 4.69) is 15.1 Å². The third-order valence-electron chi connectivity index (χ3n) is 4.97. The summed E-state index contributed by atoms with van der Waals surface area (Å²) in [5.41, 5.74) is 7.04. The van der Waals surface area contributed by atoms with Crippen molar-refractivity contribution in [2.45, 2.75) is 18.4 Å². The molecule has 8 nitrogen and oxygen atoms in total. The standard InChI is InChI=1S/C20H17F4N7O/c1-30-17(5-16(29-30)31-10-19(21,22)20(23,24)11-31)32-15-4-12(6-25)2-3-14(15)18-27-8-13(7-26)9-28-18/h2-5,8-9H,7,10-11,26H2,1H3. The third kappa shape index (κ3) is 3.82. The number of ether oxygens (including phenoxy) is 1. The zero-order chi connectivity index (χ0) is 23.1. The molecule has 0 amide bonds. The Kier molecular flexibility index (Phi) is 5.21. The SMILES string of the molecule is Cn1nc(N2CC(F)(F)C(F)(F)C2)cc1Oc1cc(C#N)ccc1-c1ncc(CN)cn1. The van der Waals surface area contributed by atoms with Crippen LogP contribution in [0.25, 0.3) is 11.4 Å². The third-order valence-corrected chi connectivity index (χ3v) is 4.97. The lowest BCUT2D eigenvalue weighted by atomic mass is 10.1. The molecule has 0 unspecified atom stereocenters. The molecule has 0 spiro atoms. The topological polar surface area (TPSA) is 106 Å². The highest BCUT2D eigenvalue weighted by atomic mass is 19.3. The molecule has 32 heavy (non-hydrogen) atoms. The van der Waals surface area contributed by atoms with Crippen LogP contribution in [0, 0.1) is 11.3 Å². The Bertz CT molecular complexity index is 1170. The molecule has 166 valence electrons. The first kappa shape index (κ1) is 21.5. The van der Waals surface area contributed by atoms with Crippen LogP contribution in [0.2, 0.25) is 0 Å². The van der Waals surface area contributed by atoms with Gasteiger partial charge in [0.2, 0.25) is 5.88 Å². The first-order valence-corrected chi connectivity index (χ1v) is 9.41. The summed E-state index contributed by atoms with van der Waals surface area (Å²) in [6, 6.07) is 7.90.